The van der Waals surface area contributed by atoms with Crippen molar-refractivity contribution in [1.29, 1.82) is 0 Å². The number of methoxy groups -OCH3 is 1. The van der Waals surface area contributed by atoms with Gasteiger partial charge >= 0.3 is 15.6 Å². The lowest BCUT2D eigenvalue weighted by atomic mass is 9.89. The molecule has 0 spiro atoms. The maximum Gasteiger partial charge on any atom is 0.534 e. The van der Waals surface area contributed by atoms with Crippen LogP contribution >= 0.6 is 0 Å². The van der Waals surface area contributed by atoms with Gasteiger partial charge in [-0.2, -0.15) is 21.6 Å². The minimum Gasteiger partial charge on any atom is -0.381 e. The first-order valence-corrected chi connectivity index (χ1v) is 7.40. The van der Waals surface area contributed by atoms with Crippen molar-refractivity contribution in [2.45, 2.75) is 30.9 Å². The van der Waals surface area contributed by atoms with Crippen molar-refractivity contribution < 1.29 is 34.9 Å². The van der Waals surface area contributed by atoms with Gasteiger partial charge in [0, 0.05) is 7.11 Å². The third kappa shape index (κ3) is 3.13. The second-order valence-corrected chi connectivity index (χ2v) is 6.14. The predicted molar refractivity (Wildman–Crippen MR) is 64.8 cm³/mol. The van der Waals surface area contributed by atoms with Gasteiger partial charge < -0.3 is 8.92 Å². The molecule has 9 heteroatoms. The van der Waals surface area contributed by atoms with Crippen LogP contribution in [0.3, 0.4) is 0 Å². The van der Waals surface area contributed by atoms with Crippen LogP contribution in [-0.2, 0) is 27.7 Å². The molecular formula is C12H12F4O4S. The monoisotopic (exact) mass is 328 g/mol. The van der Waals surface area contributed by atoms with Crippen LogP contribution in [0.4, 0.5) is 17.6 Å². The van der Waals surface area contributed by atoms with E-state index in [0.717, 1.165) is 6.07 Å². The molecule has 0 radical (unpaired) electrons. The van der Waals surface area contributed by atoms with Gasteiger partial charge in [0.15, 0.2) is 11.6 Å². The number of benzene rings is 1. The summed E-state index contributed by atoms with van der Waals surface area (Å²) in [5.41, 5.74) is -4.86. The first-order valence-electron chi connectivity index (χ1n) is 5.99. The number of rotatable bonds is 3. The average molecular weight is 328 g/mol. The summed E-state index contributed by atoms with van der Waals surface area (Å²) in [5.74, 6) is -2.02. The topological polar surface area (TPSA) is 52.6 Å². The van der Waals surface area contributed by atoms with E-state index in [1.54, 1.807) is 0 Å². The summed E-state index contributed by atoms with van der Waals surface area (Å²) in [4.78, 5) is 0. The van der Waals surface area contributed by atoms with E-state index in [2.05, 4.69) is 4.18 Å². The molecule has 0 saturated heterocycles. The molecular weight excluding hydrogens is 316 g/mol. The van der Waals surface area contributed by atoms with Gasteiger partial charge in [-0.3, -0.25) is 0 Å². The van der Waals surface area contributed by atoms with E-state index in [0.29, 0.717) is 18.4 Å². The molecule has 0 saturated carbocycles. The standard InChI is InChI=1S/C12H12F4O4S/c1-19-8-3-4-9-7(6-8)2-5-10(11(9)13)20-21(17,18)12(14,15)16/h2,5,8H,3-4,6H2,1H3. The Labute approximate surface area is 118 Å². The fraction of sp³-hybridized carbons (Fsp3) is 0.500. The third-order valence-electron chi connectivity index (χ3n) is 3.28. The Kier molecular flexibility index (Phi) is 4.16. The van der Waals surface area contributed by atoms with Crippen LogP contribution in [0.1, 0.15) is 17.5 Å². The second kappa shape index (κ2) is 5.45. The SMILES string of the molecule is COC1CCc2c(ccc(OS(=O)(=O)C(F)(F)F)c2F)C1. The summed E-state index contributed by atoms with van der Waals surface area (Å²) in [6, 6.07) is 2.24. The number of fused-ring (bicyclic) bond motifs is 1. The zero-order chi connectivity index (χ0) is 15.8. The molecule has 1 aromatic carbocycles. The number of hydrogen-bond donors (Lipinski definition) is 0. The second-order valence-electron chi connectivity index (χ2n) is 4.60. The van der Waals surface area contributed by atoms with E-state index < -0.39 is 27.2 Å². The van der Waals surface area contributed by atoms with E-state index in [-0.39, 0.29) is 18.1 Å². The van der Waals surface area contributed by atoms with Gasteiger partial charge in [-0.05, 0) is 36.5 Å². The van der Waals surface area contributed by atoms with Crippen LogP contribution in [0.15, 0.2) is 12.1 Å². The number of alkyl halides is 3. The fourth-order valence-electron chi connectivity index (χ4n) is 2.18. The molecule has 0 N–H and O–H groups in total. The van der Waals surface area contributed by atoms with E-state index in [9.17, 15) is 26.0 Å². The lowest BCUT2D eigenvalue weighted by Crippen LogP contribution is -2.29. The molecule has 0 bridgehead atoms. The van der Waals surface area contributed by atoms with Gasteiger partial charge in [-0.15, -0.1) is 0 Å². The highest BCUT2D eigenvalue weighted by Gasteiger charge is 2.49. The van der Waals surface area contributed by atoms with Crippen LogP contribution in [0.2, 0.25) is 0 Å². The summed E-state index contributed by atoms with van der Waals surface area (Å²) in [7, 11) is -4.37. The molecule has 0 fully saturated rings. The first-order chi connectivity index (χ1) is 9.65. The molecule has 118 valence electrons. The molecule has 1 atom stereocenters. The summed E-state index contributed by atoms with van der Waals surface area (Å²) in [6.07, 6.45) is 1.05. The molecule has 1 aromatic rings. The largest absolute Gasteiger partial charge is 0.534 e. The normalized spacial score (nSPS) is 19.2. The van der Waals surface area contributed by atoms with Gasteiger partial charge in [-0.25, -0.2) is 4.39 Å². The Hall–Kier alpha value is -1.35. The third-order valence-corrected chi connectivity index (χ3v) is 4.25. The van der Waals surface area contributed by atoms with Crippen molar-refractivity contribution >= 4 is 10.1 Å². The minimum absolute atomic E-state index is 0.0948. The summed E-state index contributed by atoms with van der Waals surface area (Å²) >= 11 is 0. The van der Waals surface area contributed by atoms with Crippen molar-refractivity contribution in [3.63, 3.8) is 0 Å². The van der Waals surface area contributed by atoms with Crippen molar-refractivity contribution in [3.05, 3.63) is 29.1 Å². The zero-order valence-electron chi connectivity index (χ0n) is 10.9. The quantitative estimate of drug-likeness (QED) is 0.486. The van der Waals surface area contributed by atoms with Gasteiger partial charge in [0.1, 0.15) is 0 Å². The Morgan fingerprint density at radius 3 is 2.52 bits per heavy atom. The minimum atomic E-state index is -5.88. The molecule has 1 aliphatic rings. The van der Waals surface area contributed by atoms with E-state index in [1.165, 1.54) is 13.2 Å². The highest BCUT2D eigenvalue weighted by molar-refractivity contribution is 7.88. The molecule has 1 unspecified atom stereocenters. The Morgan fingerprint density at radius 2 is 1.95 bits per heavy atom. The highest BCUT2D eigenvalue weighted by atomic mass is 32.2. The maximum absolute atomic E-state index is 14.1. The van der Waals surface area contributed by atoms with Gasteiger partial charge in [0.2, 0.25) is 0 Å². The predicted octanol–water partition coefficient (Wildman–Crippen LogP) is 2.56. The molecule has 2 rings (SSSR count). The average Bonchev–Trinajstić information content (AvgIpc) is 2.40. The van der Waals surface area contributed by atoms with Crippen LogP contribution in [0.25, 0.3) is 0 Å². The van der Waals surface area contributed by atoms with Crippen molar-refractivity contribution in [1.82, 2.24) is 0 Å². The number of ether oxygens (including phenoxy) is 1. The summed E-state index contributed by atoms with van der Waals surface area (Å²) in [6.45, 7) is 0. The van der Waals surface area contributed by atoms with Crippen molar-refractivity contribution in [3.8, 4) is 5.75 Å². The summed E-state index contributed by atoms with van der Waals surface area (Å²) < 4.78 is 81.6. The maximum atomic E-state index is 14.1. The molecule has 0 amide bonds. The Morgan fingerprint density at radius 1 is 1.29 bits per heavy atom. The lowest BCUT2D eigenvalue weighted by Gasteiger charge is -2.24. The van der Waals surface area contributed by atoms with Gasteiger partial charge in [-0.1, -0.05) is 6.07 Å². The molecule has 0 aromatic heterocycles. The van der Waals surface area contributed by atoms with Gasteiger partial charge in [0.25, 0.3) is 0 Å². The molecule has 0 aliphatic heterocycles. The smallest absolute Gasteiger partial charge is 0.381 e. The Balaban J connectivity index is 2.33. The van der Waals surface area contributed by atoms with Crippen molar-refractivity contribution in [2.75, 3.05) is 7.11 Å². The van der Waals surface area contributed by atoms with E-state index in [4.69, 9.17) is 4.74 Å². The number of hydrogen-bond acceptors (Lipinski definition) is 4. The van der Waals surface area contributed by atoms with Crippen LogP contribution in [-0.4, -0.2) is 27.1 Å². The molecule has 1 aliphatic carbocycles. The highest BCUT2D eigenvalue weighted by Crippen LogP contribution is 2.33. The first kappa shape index (κ1) is 16.0. The van der Waals surface area contributed by atoms with E-state index in [1.807, 2.05) is 0 Å². The van der Waals surface area contributed by atoms with Crippen LogP contribution in [0, 0.1) is 5.82 Å². The lowest BCUT2D eigenvalue weighted by molar-refractivity contribution is -0.0501. The fourth-order valence-corrected chi connectivity index (χ4v) is 2.64. The summed E-state index contributed by atoms with van der Waals surface area (Å²) in [5, 5.41) is 0. The molecule has 0 heterocycles. The van der Waals surface area contributed by atoms with Crippen LogP contribution < -0.4 is 4.18 Å². The van der Waals surface area contributed by atoms with Crippen molar-refractivity contribution in [2.24, 2.45) is 0 Å². The Bertz CT molecular complexity index is 639. The zero-order valence-corrected chi connectivity index (χ0v) is 11.7. The molecule has 4 nitrogen and oxygen atoms in total. The number of halogens is 4. The van der Waals surface area contributed by atoms with E-state index >= 15 is 0 Å². The van der Waals surface area contributed by atoms with Crippen LogP contribution in [0.5, 0.6) is 5.75 Å². The molecule has 21 heavy (non-hydrogen) atoms. The van der Waals surface area contributed by atoms with Gasteiger partial charge in [0.05, 0.1) is 6.10 Å².